The van der Waals surface area contributed by atoms with Gasteiger partial charge in [0.1, 0.15) is 5.82 Å². The van der Waals surface area contributed by atoms with Gasteiger partial charge in [-0.1, -0.05) is 25.1 Å². The molecule has 1 aromatic carbocycles. The predicted octanol–water partition coefficient (Wildman–Crippen LogP) is 2.11. The average Bonchev–Trinajstić information content (AvgIpc) is 2.67. The molecule has 0 bridgehead atoms. The SMILES string of the molecule is CCc1nc(Nc2ccccc2)n[nH]1. The van der Waals surface area contributed by atoms with Gasteiger partial charge in [-0.15, -0.1) is 5.10 Å². The van der Waals surface area contributed by atoms with Crippen LogP contribution in [-0.4, -0.2) is 15.2 Å². The summed E-state index contributed by atoms with van der Waals surface area (Å²) in [7, 11) is 0. The molecule has 2 aromatic rings. The molecule has 0 atom stereocenters. The number of aromatic amines is 1. The van der Waals surface area contributed by atoms with Gasteiger partial charge in [0.2, 0.25) is 5.95 Å². The number of anilines is 2. The smallest absolute Gasteiger partial charge is 0.246 e. The summed E-state index contributed by atoms with van der Waals surface area (Å²) in [6.07, 6.45) is 0.865. The standard InChI is InChI=1S/C10H12N4/c1-2-9-12-10(14-13-9)11-8-6-4-3-5-7-8/h3-7H,2H2,1H3,(H2,11,12,13,14). The molecule has 0 aliphatic rings. The zero-order valence-electron chi connectivity index (χ0n) is 7.99. The molecule has 0 saturated heterocycles. The molecule has 0 aliphatic carbocycles. The maximum Gasteiger partial charge on any atom is 0.246 e. The van der Waals surface area contributed by atoms with Crippen molar-refractivity contribution in [3.8, 4) is 0 Å². The molecule has 2 rings (SSSR count). The highest BCUT2D eigenvalue weighted by Gasteiger charge is 2.00. The second-order valence-electron chi connectivity index (χ2n) is 2.95. The van der Waals surface area contributed by atoms with E-state index in [9.17, 15) is 0 Å². The summed E-state index contributed by atoms with van der Waals surface area (Å²) in [5.41, 5.74) is 0.995. The molecule has 0 spiro atoms. The van der Waals surface area contributed by atoms with Crippen LogP contribution in [0.2, 0.25) is 0 Å². The van der Waals surface area contributed by atoms with Crippen LogP contribution in [0.25, 0.3) is 0 Å². The highest BCUT2D eigenvalue weighted by atomic mass is 15.3. The Hall–Kier alpha value is -1.84. The molecule has 1 aromatic heterocycles. The number of hydrogen-bond donors (Lipinski definition) is 2. The quantitative estimate of drug-likeness (QED) is 0.775. The molecule has 72 valence electrons. The maximum atomic E-state index is 4.25. The summed E-state index contributed by atoms with van der Waals surface area (Å²) in [6.45, 7) is 2.03. The number of hydrogen-bond acceptors (Lipinski definition) is 3. The van der Waals surface area contributed by atoms with Crippen molar-refractivity contribution in [2.24, 2.45) is 0 Å². The summed E-state index contributed by atoms with van der Waals surface area (Å²) in [6, 6.07) is 9.86. The summed E-state index contributed by atoms with van der Waals surface area (Å²) < 4.78 is 0. The van der Waals surface area contributed by atoms with Gasteiger partial charge in [0.05, 0.1) is 0 Å². The molecular formula is C10H12N4. The number of para-hydroxylation sites is 1. The Morgan fingerprint density at radius 1 is 1.29 bits per heavy atom. The Morgan fingerprint density at radius 2 is 2.07 bits per heavy atom. The first kappa shape index (κ1) is 8.74. The molecule has 4 heteroatoms. The number of aryl methyl sites for hydroxylation is 1. The molecule has 0 unspecified atom stereocenters. The first-order chi connectivity index (χ1) is 6.88. The van der Waals surface area contributed by atoms with E-state index in [-0.39, 0.29) is 0 Å². The molecule has 2 N–H and O–H groups in total. The van der Waals surface area contributed by atoms with E-state index >= 15 is 0 Å². The molecule has 1 heterocycles. The van der Waals surface area contributed by atoms with Crippen molar-refractivity contribution in [2.45, 2.75) is 13.3 Å². The normalized spacial score (nSPS) is 10.1. The molecule has 0 aliphatic heterocycles. The van der Waals surface area contributed by atoms with Gasteiger partial charge in [-0.3, -0.25) is 5.10 Å². The van der Waals surface area contributed by atoms with E-state index in [0.717, 1.165) is 17.9 Å². The maximum absolute atomic E-state index is 4.25. The van der Waals surface area contributed by atoms with E-state index in [1.807, 2.05) is 37.3 Å². The molecule has 0 fully saturated rings. The molecule has 0 radical (unpaired) electrons. The second-order valence-corrected chi connectivity index (χ2v) is 2.95. The van der Waals surface area contributed by atoms with Crippen molar-refractivity contribution in [3.63, 3.8) is 0 Å². The minimum atomic E-state index is 0.619. The van der Waals surface area contributed by atoms with E-state index < -0.39 is 0 Å². The van der Waals surface area contributed by atoms with Crippen LogP contribution in [0.1, 0.15) is 12.7 Å². The minimum absolute atomic E-state index is 0.619. The van der Waals surface area contributed by atoms with Crippen LogP contribution < -0.4 is 5.32 Å². The van der Waals surface area contributed by atoms with Crippen LogP contribution >= 0.6 is 0 Å². The van der Waals surface area contributed by atoms with Gasteiger partial charge in [0.15, 0.2) is 0 Å². The van der Waals surface area contributed by atoms with E-state index in [1.165, 1.54) is 0 Å². The van der Waals surface area contributed by atoms with E-state index in [0.29, 0.717) is 5.95 Å². The van der Waals surface area contributed by atoms with Crippen molar-refractivity contribution in [1.29, 1.82) is 0 Å². The number of benzene rings is 1. The number of nitrogens with one attached hydrogen (secondary N) is 2. The van der Waals surface area contributed by atoms with Crippen molar-refractivity contribution in [2.75, 3.05) is 5.32 Å². The summed E-state index contributed by atoms with van der Waals surface area (Å²) in [5.74, 6) is 1.51. The Labute approximate surface area is 82.4 Å². The second kappa shape index (κ2) is 3.91. The molecular weight excluding hydrogens is 176 g/mol. The van der Waals surface area contributed by atoms with Crippen LogP contribution in [0.5, 0.6) is 0 Å². The predicted molar refractivity (Wildman–Crippen MR) is 55.5 cm³/mol. The lowest BCUT2D eigenvalue weighted by atomic mass is 10.3. The molecule has 0 saturated carbocycles. The monoisotopic (exact) mass is 188 g/mol. The molecule has 4 nitrogen and oxygen atoms in total. The Bertz CT molecular complexity index is 394. The number of rotatable bonds is 3. The van der Waals surface area contributed by atoms with Crippen LogP contribution in [-0.2, 0) is 6.42 Å². The van der Waals surface area contributed by atoms with Crippen molar-refractivity contribution in [3.05, 3.63) is 36.2 Å². The topological polar surface area (TPSA) is 53.6 Å². The van der Waals surface area contributed by atoms with E-state index in [1.54, 1.807) is 0 Å². The van der Waals surface area contributed by atoms with Crippen LogP contribution in [0.3, 0.4) is 0 Å². The highest BCUT2D eigenvalue weighted by molar-refractivity contribution is 5.52. The van der Waals surface area contributed by atoms with Gasteiger partial charge < -0.3 is 5.32 Å². The average molecular weight is 188 g/mol. The van der Waals surface area contributed by atoms with Crippen molar-refractivity contribution >= 4 is 11.6 Å². The zero-order valence-corrected chi connectivity index (χ0v) is 7.99. The Morgan fingerprint density at radius 3 is 2.71 bits per heavy atom. The van der Waals surface area contributed by atoms with Gasteiger partial charge in [0.25, 0.3) is 0 Å². The van der Waals surface area contributed by atoms with Gasteiger partial charge in [0, 0.05) is 12.1 Å². The fourth-order valence-electron chi connectivity index (χ4n) is 1.16. The van der Waals surface area contributed by atoms with E-state index in [2.05, 4.69) is 20.5 Å². The highest BCUT2D eigenvalue weighted by Crippen LogP contribution is 2.11. The first-order valence-electron chi connectivity index (χ1n) is 4.62. The Kier molecular flexibility index (Phi) is 2.44. The largest absolute Gasteiger partial charge is 0.323 e. The van der Waals surface area contributed by atoms with Crippen LogP contribution in [0.15, 0.2) is 30.3 Å². The number of aromatic nitrogens is 3. The Balaban J connectivity index is 2.11. The number of H-pyrrole nitrogens is 1. The fourth-order valence-corrected chi connectivity index (χ4v) is 1.16. The van der Waals surface area contributed by atoms with Gasteiger partial charge >= 0.3 is 0 Å². The fraction of sp³-hybridized carbons (Fsp3) is 0.200. The van der Waals surface area contributed by atoms with Crippen molar-refractivity contribution in [1.82, 2.24) is 15.2 Å². The minimum Gasteiger partial charge on any atom is -0.323 e. The summed E-state index contributed by atoms with van der Waals surface area (Å²) >= 11 is 0. The third-order valence-corrected chi connectivity index (χ3v) is 1.90. The van der Waals surface area contributed by atoms with Gasteiger partial charge in [-0.05, 0) is 12.1 Å². The van der Waals surface area contributed by atoms with Gasteiger partial charge in [-0.25, -0.2) is 0 Å². The van der Waals surface area contributed by atoms with Crippen LogP contribution in [0, 0.1) is 0 Å². The zero-order chi connectivity index (χ0) is 9.80. The lowest BCUT2D eigenvalue weighted by Crippen LogP contribution is -1.91. The first-order valence-corrected chi connectivity index (χ1v) is 4.62. The van der Waals surface area contributed by atoms with E-state index in [4.69, 9.17) is 0 Å². The molecule has 14 heavy (non-hydrogen) atoms. The summed E-state index contributed by atoms with van der Waals surface area (Å²) in [4.78, 5) is 4.25. The lowest BCUT2D eigenvalue weighted by molar-refractivity contribution is 0.946. The molecule has 0 amide bonds. The van der Waals surface area contributed by atoms with Crippen molar-refractivity contribution < 1.29 is 0 Å². The van der Waals surface area contributed by atoms with Crippen LogP contribution in [0.4, 0.5) is 11.6 Å². The number of nitrogens with zero attached hydrogens (tertiary/aromatic N) is 2. The summed E-state index contributed by atoms with van der Waals surface area (Å²) in [5, 5.41) is 9.99. The third-order valence-electron chi connectivity index (χ3n) is 1.90. The lowest BCUT2D eigenvalue weighted by Gasteiger charge is -1.98. The third kappa shape index (κ3) is 1.90. The van der Waals surface area contributed by atoms with Gasteiger partial charge in [-0.2, -0.15) is 4.98 Å².